The van der Waals surface area contributed by atoms with Crippen molar-refractivity contribution < 1.29 is 4.79 Å². The third-order valence-electron chi connectivity index (χ3n) is 3.64. The van der Waals surface area contributed by atoms with Gasteiger partial charge in [0, 0.05) is 17.4 Å². The lowest BCUT2D eigenvalue weighted by atomic mass is 9.94. The summed E-state index contributed by atoms with van der Waals surface area (Å²) in [5, 5.41) is 0. The second-order valence-corrected chi connectivity index (χ2v) is 6.67. The SMILES string of the molecule is CC(C)CC(=O)N1CCCCC1c1cccc(Br)c1. The van der Waals surface area contributed by atoms with Crippen LogP contribution in [0.4, 0.5) is 0 Å². The van der Waals surface area contributed by atoms with Gasteiger partial charge in [0.1, 0.15) is 0 Å². The van der Waals surface area contributed by atoms with Crippen LogP contribution in [-0.2, 0) is 4.79 Å². The quantitative estimate of drug-likeness (QED) is 0.799. The lowest BCUT2D eigenvalue weighted by molar-refractivity contribution is -0.135. The molecule has 1 saturated heterocycles. The second kappa shape index (κ2) is 6.56. The van der Waals surface area contributed by atoms with Gasteiger partial charge in [0.15, 0.2) is 0 Å². The van der Waals surface area contributed by atoms with Gasteiger partial charge in [0.25, 0.3) is 0 Å². The van der Waals surface area contributed by atoms with Crippen LogP contribution in [0.2, 0.25) is 0 Å². The number of hydrogen-bond donors (Lipinski definition) is 0. The van der Waals surface area contributed by atoms with Gasteiger partial charge >= 0.3 is 0 Å². The zero-order chi connectivity index (χ0) is 13.8. The van der Waals surface area contributed by atoms with Crippen molar-refractivity contribution in [1.29, 1.82) is 0 Å². The largest absolute Gasteiger partial charge is 0.336 e. The molecule has 0 N–H and O–H groups in total. The Labute approximate surface area is 124 Å². The molecule has 3 heteroatoms. The topological polar surface area (TPSA) is 20.3 Å². The summed E-state index contributed by atoms with van der Waals surface area (Å²) in [6.07, 6.45) is 4.09. The Morgan fingerprint density at radius 3 is 2.89 bits per heavy atom. The number of carbonyl (C=O) groups is 1. The molecule has 0 saturated carbocycles. The lowest BCUT2D eigenvalue weighted by Crippen LogP contribution is -2.38. The molecule has 19 heavy (non-hydrogen) atoms. The van der Waals surface area contributed by atoms with E-state index in [1.807, 2.05) is 6.07 Å². The third kappa shape index (κ3) is 3.82. The van der Waals surface area contributed by atoms with E-state index >= 15 is 0 Å². The molecule has 1 unspecified atom stereocenters. The molecule has 1 aliphatic heterocycles. The average Bonchev–Trinajstić information content (AvgIpc) is 2.38. The first kappa shape index (κ1) is 14.6. The maximum atomic E-state index is 12.4. The fourth-order valence-electron chi connectivity index (χ4n) is 2.76. The highest BCUT2D eigenvalue weighted by atomic mass is 79.9. The van der Waals surface area contributed by atoms with Gasteiger partial charge in [0.2, 0.25) is 5.91 Å². The van der Waals surface area contributed by atoms with E-state index in [9.17, 15) is 4.79 Å². The number of amides is 1. The van der Waals surface area contributed by atoms with E-state index in [0.29, 0.717) is 18.2 Å². The van der Waals surface area contributed by atoms with Gasteiger partial charge in [-0.25, -0.2) is 0 Å². The first-order valence-corrected chi connectivity index (χ1v) is 7.92. The van der Waals surface area contributed by atoms with Gasteiger partial charge < -0.3 is 4.90 Å². The van der Waals surface area contributed by atoms with Gasteiger partial charge in [-0.1, -0.05) is 41.9 Å². The molecule has 1 aromatic rings. The first-order valence-electron chi connectivity index (χ1n) is 7.13. The third-order valence-corrected chi connectivity index (χ3v) is 4.13. The highest BCUT2D eigenvalue weighted by Gasteiger charge is 2.28. The highest BCUT2D eigenvalue weighted by molar-refractivity contribution is 9.10. The highest BCUT2D eigenvalue weighted by Crippen LogP contribution is 2.32. The number of halogens is 1. The molecule has 1 fully saturated rings. The molecule has 104 valence electrons. The smallest absolute Gasteiger partial charge is 0.223 e. The molecule has 2 nitrogen and oxygen atoms in total. The fraction of sp³-hybridized carbons (Fsp3) is 0.562. The predicted molar refractivity (Wildman–Crippen MR) is 81.9 cm³/mol. The van der Waals surface area contributed by atoms with E-state index in [1.165, 1.54) is 12.0 Å². The van der Waals surface area contributed by atoms with Crippen LogP contribution in [0, 0.1) is 5.92 Å². The minimum Gasteiger partial charge on any atom is -0.336 e. The molecule has 0 spiro atoms. The van der Waals surface area contributed by atoms with E-state index in [-0.39, 0.29) is 6.04 Å². The molecule has 1 atom stereocenters. The summed E-state index contributed by atoms with van der Waals surface area (Å²) in [7, 11) is 0. The van der Waals surface area contributed by atoms with Crippen molar-refractivity contribution in [2.24, 2.45) is 5.92 Å². The average molecular weight is 324 g/mol. The van der Waals surface area contributed by atoms with Crippen molar-refractivity contribution in [3.63, 3.8) is 0 Å². The lowest BCUT2D eigenvalue weighted by Gasteiger charge is -2.36. The van der Waals surface area contributed by atoms with Crippen molar-refractivity contribution >= 4 is 21.8 Å². The van der Waals surface area contributed by atoms with Crippen molar-refractivity contribution in [3.05, 3.63) is 34.3 Å². The molecular weight excluding hydrogens is 302 g/mol. The summed E-state index contributed by atoms with van der Waals surface area (Å²) in [5.41, 5.74) is 1.26. The van der Waals surface area contributed by atoms with Crippen LogP contribution in [0.5, 0.6) is 0 Å². The Hall–Kier alpha value is -0.830. The fourth-order valence-corrected chi connectivity index (χ4v) is 3.17. The second-order valence-electron chi connectivity index (χ2n) is 5.75. The minimum atomic E-state index is 0.262. The number of carbonyl (C=O) groups excluding carboxylic acids is 1. The molecule has 1 aromatic carbocycles. The molecule has 1 heterocycles. The summed E-state index contributed by atoms with van der Waals surface area (Å²) in [5.74, 6) is 0.734. The van der Waals surface area contributed by atoms with E-state index < -0.39 is 0 Å². The Bertz CT molecular complexity index is 444. The number of nitrogens with zero attached hydrogens (tertiary/aromatic N) is 1. The summed E-state index contributed by atoms with van der Waals surface area (Å²) >= 11 is 3.52. The number of hydrogen-bond acceptors (Lipinski definition) is 1. The van der Waals surface area contributed by atoms with E-state index in [0.717, 1.165) is 23.9 Å². The Morgan fingerprint density at radius 1 is 1.42 bits per heavy atom. The van der Waals surface area contributed by atoms with Gasteiger partial charge in [-0.3, -0.25) is 4.79 Å². The number of benzene rings is 1. The van der Waals surface area contributed by atoms with Crippen LogP contribution in [0.1, 0.15) is 51.1 Å². The predicted octanol–water partition coefficient (Wildman–Crippen LogP) is 4.55. The zero-order valence-electron chi connectivity index (χ0n) is 11.7. The maximum Gasteiger partial charge on any atom is 0.223 e. The van der Waals surface area contributed by atoms with Crippen LogP contribution in [-0.4, -0.2) is 17.4 Å². The van der Waals surface area contributed by atoms with Gasteiger partial charge in [-0.2, -0.15) is 0 Å². The molecule has 2 rings (SSSR count). The van der Waals surface area contributed by atoms with Gasteiger partial charge in [-0.05, 0) is 42.9 Å². The molecule has 1 aliphatic rings. The summed E-state index contributed by atoms with van der Waals surface area (Å²) in [6.45, 7) is 5.12. The number of piperidine rings is 1. The van der Waals surface area contributed by atoms with Gasteiger partial charge in [-0.15, -0.1) is 0 Å². The monoisotopic (exact) mass is 323 g/mol. The van der Waals surface area contributed by atoms with Crippen LogP contribution in [0.25, 0.3) is 0 Å². The van der Waals surface area contributed by atoms with E-state index in [4.69, 9.17) is 0 Å². The molecule has 0 aromatic heterocycles. The van der Waals surface area contributed by atoms with Crippen LogP contribution < -0.4 is 0 Å². The summed E-state index contributed by atoms with van der Waals surface area (Å²) in [6, 6.07) is 8.63. The summed E-state index contributed by atoms with van der Waals surface area (Å²) in [4.78, 5) is 14.5. The van der Waals surface area contributed by atoms with Crippen molar-refractivity contribution in [2.75, 3.05) is 6.54 Å². The Morgan fingerprint density at radius 2 is 2.21 bits per heavy atom. The first-order chi connectivity index (χ1) is 9.08. The van der Waals surface area contributed by atoms with Crippen molar-refractivity contribution in [3.8, 4) is 0 Å². The van der Waals surface area contributed by atoms with Crippen molar-refractivity contribution in [2.45, 2.75) is 45.6 Å². The Kier molecular flexibility index (Phi) is 5.03. The molecular formula is C16H22BrNO. The van der Waals surface area contributed by atoms with Crippen molar-refractivity contribution in [1.82, 2.24) is 4.90 Å². The van der Waals surface area contributed by atoms with Crippen LogP contribution in [0.15, 0.2) is 28.7 Å². The molecule has 0 radical (unpaired) electrons. The van der Waals surface area contributed by atoms with Crippen LogP contribution >= 0.6 is 15.9 Å². The molecule has 1 amide bonds. The number of rotatable bonds is 3. The molecule has 0 aliphatic carbocycles. The van der Waals surface area contributed by atoms with E-state index in [1.54, 1.807) is 0 Å². The normalized spacial score (nSPS) is 19.8. The molecule has 0 bridgehead atoms. The maximum absolute atomic E-state index is 12.4. The standard InChI is InChI=1S/C16H22BrNO/c1-12(2)10-16(19)18-9-4-3-8-15(18)13-6-5-7-14(17)11-13/h5-7,11-12,15H,3-4,8-10H2,1-2H3. The zero-order valence-corrected chi connectivity index (χ0v) is 13.3. The number of likely N-dealkylation sites (tertiary alicyclic amines) is 1. The van der Waals surface area contributed by atoms with Crippen LogP contribution in [0.3, 0.4) is 0 Å². The van der Waals surface area contributed by atoms with E-state index in [2.05, 4.69) is 52.9 Å². The minimum absolute atomic E-state index is 0.262. The Balaban J connectivity index is 2.18. The van der Waals surface area contributed by atoms with Gasteiger partial charge in [0.05, 0.1) is 6.04 Å². The summed E-state index contributed by atoms with van der Waals surface area (Å²) < 4.78 is 1.09.